The number of rotatable bonds is 6. The van der Waals surface area contributed by atoms with Crippen LogP contribution in [0, 0.1) is 29.1 Å². The molecule has 0 aliphatic rings. The van der Waals surface area contributed by atoms with Crippen molar-refractivity contribution in [2.75, 3.05) is 6.61 Å². The molecule has 27 heavy (non-hydrogen) atoms. The van der Waals surface area contributed by atoms with Crippen molar-refractivity contribution in [1.82, 2.24) is 0 Å². The van der Waals surface area contributed by atoms with Gasteiger partial charge in [0.1, 0.15) is 0 Å². The summed E-state index contributed by atoms with van der Waals surface area (Å²) in [6.07, 6.45) is 1.32. The first-order valence-electron chi connectivity index (χ1n) is 7.79. The second-order valence-corrected chi connectivity index (χ2v) is 5.32. The molecule has 0 atom stereocenters. The summed E-state index contributed by atoms with van der Waals surface area (Å²) >= 11 is 0. The molecule has 2 aromatic carbocycles. The van der Waals surface area contributed by atoms with Crippen LogP contribution in [0.3, 0.4) is 0 Å². The van der Waals surface area contributed by atoms with Gasteiger partial charge in [0.2, 0.25) is 34.8 Å². The Morgan fingerprint density at radius 3 is 1.81 bits per heavy atom. The van der Waals surface area contributed by atoms with E-state index in [4.69, 9.17) is 4.74 Å². The zero-order valence-electron chi connectivity index (χ0n) is 14.0. The lowest BCUT2D eigenvalue weighted by Gasteiger charge is -2.11. The number of hydrogen-bond acceptors (Lipinski definition) is 4. The number of carbonyl (C=O) groups is 2. The van der Waals surface area contributed by atoms with Crippen LogP contribution in [0.2, 0.25) is 0 Å². The monoisotopic (exact) mass is 388 g/mol. The molecule has 0 saturated heterocycles. The van der Waals surface area contributed by atoms with Crippen molar-refractivity contribution < 1.29 is 41.0 Å². The highest BCUT2D eigenvalue weighted by molar-refractivity contribution is 6.03. The van der Waals surface area contributed by atoms with Gasteiger partial charge >= 0.3 is 11.9 Å². The molecule has 0 radical (unpaired) electrons. The maximum Gasteiger partial charge on any atom is 0.344 e. The van der Waals surface area contributed by atoms with Crippen molar-refractivity contribution in [1.29, 1.82) is 0 Å². The Labute approximate surface area is 150 Å². The molecule has 144 valence electrons. The summed E-state index contributed by atoms with van der Waals surface area (Å²) in [6.45, 7) is 1.94. The van der Waals surface area contributed by atoms with Gasteiger partial charge in [0, 0.05) is 0 Å². The van der Waals surface area contributed by atoms with E-state index in [-0.39, 0.29) is 12.2 Å². The molecule has 0 bridgehead atoms. The van der Waals surface area contributed by atoms with E-state index in [9.17, 15) is 31.5 Å². The third kappa shape index (κ3) is 4.24. The van der Waals surface area contributed by atoms with Crippen molar-refractivity contribution in [3.05, 3.63) is 64.5 Å². The average Bonchev–Trinajstić information content (AvgIpc) is 2.68. The van der Waals surface area contributed by atoms with Gasteiger partial charge in [-0.1, -0.05) is 25.5 Å². The molecule has 4 nitrogen and oxygen atoms in total. The van der Waals surface area contributed by atoms with E-state index in [1.54, 1.807) is 0 Å². The van der Waals surface area contributed by atoms with Gasteiger partial charge in [0.25, 0.3) is 0 Å². The van der Waals surface area contributed by atoms with E-state index < -0.39 is 52.3 Å². The molecule has 0 unspecified atom stereocenters. The lowest BCUT2D eigenvalue weighted by atomic mass is 10.1. The fourth-order valence-corrected chi connectivity index (χ4v) is 2.05. The molecule has 2 aromatic rings. The molecule has 2 rings (SSSR count). The zero-order valence-corrected chi connectivity index (χ0v) is 14.0. The molecule has 0 aliphatic heterocycles. The Kier molecular flexibility index (Phi) is 6.49. The third-order valence-corrected chi connectivity index (χ3v) is 3.46. The highest BCUT2D eigenvalue weighted by Crippen LogP contribution is 2.30. The van der Waals surface area contributed by atoms with Gasteiger partial charge in [-0.2, -0.15) is 8.78 Å². The maximum atomic E-state index is 13.7. The first-order chi connectivity index (χ1) is 12.8. The molecule has 0 aliphatic carbocycles. The molecule has 0 aromatic heterocycles. The fraction of sp³-hybridized carbons (Fsp3) is 0.222. The highest BCUT2D eigenvalue weighted by atomic mass is 19.2. The lowest BCUT2D eigenvalue weighted by Crippen LogP contribution is -2.18. The Hall–Kier alpha value is -2.97. The van der Waals surface area contributed by atoms with Crippen LogP contribution in [-0.2, 0) is 4.74 Å². The van der Waals surface area contributed by atoms with Crippen LogP contribution in [0.1, 0.15) is 40.5 Å². The first-order valence-corrected chi connectivity index (χ1v) is 7.79. The van der Waals surface area contributed by atoms with E-state index in [2.05, 4.69) is 4.74 Å². The zero-order chi connectivity index (χ0) is 20.1. The van der Waals surface area contributed by atoms with Crippen LogP contribution in [0.15, 0.2) is 24.3 Å². The first kappa shape index (κ1) is 20.3. The Morgan fingerprint density at radius 1 is 0.815 bits per heavy atom. The van der Waals surface area contributed by atoms with Crippen molar-refractivity contribution in [2.24, 2.45) is 0 Å². The predicted octanol–water partition coefficient (Wildman–Crippen LogP) is 4.56. The molecule has 0 N–H and O–H groups in total. The van der Waals surface area contributed by atoms with Gasteiger partial charge < -0.3 is 9.47 Å². The van der Waals surface area contributed by atoms with Crippen LogP contribution in [0.25, 0.3) is 0 Å². The number of unbranched alkanes of at least 4 members (excludes halogenated alkanes) is 1. The van der Waals surface area contributed by atoms with Gasteiger partial charge in [-0.15, -0.1) is 0 Å². The van der Waals surface area contributed by atoms with Crippen LogP contribution in [0.4, 0.5) is 22.0 Å². The molecule has 0 saturated carbocycles. The topological polar surface area (TPSA) is 52.6 Å². The molecular weight excluding hydrogens is 375 g/mol. The summed E-state index contributed by atoms with van der Waals surface area (Å²) in [5, 5.41) is 0. The van der Waals surface area contributed by atoms with Crippen LogP contribution in [0.5, 0.6) is 5.75 Å². The van der Waals surface area contributed by atoms with Gasteiger partial charge in [-0.3, -0.25) is 0 Å². The Morgan fingerprint density at radius 2 is 1.30 bits per heavy atom. The number of ether oxygens (including phenoxy) is 2. The minimum Gasteiger partial charge on any atom is -0.462 e. The third-order valence-electron chi connectivity index (χ3n) is 3.46. The molecule has 0 spiro atoms. The summed E-state index contributed by atoms with van der Waals surface area (Å²) in [5.41, 5.74) is -0.731. The molecule has 0 heterocycles. The van der Waals surface area contributed by atoms with Gasteiger partial charge in [0.05, 0.1) is 17.7 Å². The van der Waals surface area contributed by atoms with Crippen molar-refractivity contribution in [3.8, 4) is 5.75 Å². The lowest BCUT2D eigenvalue weighted by molar-refractivity contribution is 0.0491. The number of carbonyl (C=O) groups excluding carboxylic acids is 2. The Balaban J connectivity index is 2.34. The van der Waals surface area contributed by atoms with Crippen LogP contribution in [-0.4, -0.2) is 18.5 Å². The number of benzene rings is 2. The smallest absolute Gasteiger partial charge is 0.344 e. The number of halogens is 5. The summed E-state index contributed by atoms with van der Waals surface area (Å²) in [7, 11) is 0. The van der Waals surface area contributed by atoms with Gasteiger partial charge in [-0.05, 0) is 18.6 Å². The van der Waals surface area contributed by atoms with E-state index in [0.29, 0.717) is 6.42 Å². The maximum absolute atomic E-state index is 13.7. The molecular formula is C18H13F5O4. The molecule has 9 heteroatoms. The molecule has 0 amide bonds. The average molecular weight is 388 g/mol. The SMILES string of the molecule is CCCCOC(=O)c1ccccc1C(=O)Oc1c(F)c(F)c(F)c(F)c1F. The highest BCUT2D eigenvalue weighted by Gasteiger charge is 2.30. The fourth-order valence-electron chi connectivity index (χ4n) is 2.05. The summed E-state index contributed by atoms with van der Waals surface area (Å²) < 4.78 is 76.1. The van der Waals surface area contributed by atoms with Gasteiger partial charge in [0.15, 0.2) is 0 Å². The standard InChI is InChI=1S/C18H13F5O4/c1-2-3-8-26-17(24)9-6-4-5-7-10(9)18(25)27-16-14(22)12(20)11(19)13(21)15(16)23/h4-7H,2-3,8H2,1H3. The van der Waals surface area contributed by atoms with E-state index in [1.165, 1.54) is 18.2 Å². The Bertz CT molecular complexity index is 853. The minimum absolute atomic E-state index is 0.0797. The minimum atomic E-state index is -2.38. The van der Waals surface area contributed by atoms with Crippen molar-refractivity contribution in [2.45, 2.75) is 19.8 Å². The second-order valence-electron chi connectivity index (χ2n) is 5.32. The van der Waals surface area contributed by atoms with E-state index >= 15 is 0 Å². The van der Waals surface area contributed by atoms with E-state index in [0.717, 1.165) is 12.5 Å². The largest absolute Gasteiger partial charge is 0.462 e. The normalized spacial score (nSPS) is 10.6. The van der Waals surface area contributed by atoms with Gasteiger partial charge in [-0.25, -0.2) is 22.8 Å². The van der Waals surface area contributed by atoms with Crippen LogP contribution >= 0.6 is 0 Å². The van der Waals surface area contributed by atoms with Crippen molar-refractivity contribution in [3.63, 3.8) is 0 Å². The number of hydrogen-bond donors (Lipinski definition) is 0. The summed E-state index contributed by atoms with van der Waals surface area (Å²) in [6, 6.07) is 5.00. The predicted molar refractivity (Wildman–Crippen MR) is 82.8 cm³/mol. The molecule has 0 fully saturated rings. The second kappa shape index (κ2) is 8.61. The quantitative estimate of drug-likeness (QED) is 0.182. The summed E-state index contributed by atoms with van der Waals surface area (Å²) in [4.78, 5) is 24.2. The van der Waals surface area contributed by atoms with E-state index in [1.807, 2.05) is 6.92 Å². The number of esters is 2. The van der Waals surface area contributed by atoms with Crippen LogP contribution < -0.4 is 4.74 Å². The van der Waals surface area contributed by atoms with Crippen molar-refractivity contribution >= 4 is 11.9 Å². The summed E-state index contributed by atoms with van der Waals surface area (Å²) in [5.74, 6) is -15.6.